The lowest BCUT2D eigenvalue weighted by molar-refractivity contribution is 0.313. The zero-order valence-corrected chi connectivity index (χ0v) is 13.7. The van der Waals surface area contributed by atoms with Gasteiger partial charge in [-0.25, -0.2) is 0 Å². The van der Waals surface area contributed by atoms with E-state index in [1.165, 1.54) is 5.56 Å². The Bertz CT molecular complexity index is 574. The largest absolute Gasteiger partial charge is 0.492 e. The Labute approximate surface area is 133 Å². The predicted molar refractivity (Wildman–Crippen MR) is 87.5 cm³/mol. The van der Waals surface area contributed by atoms with Crippen molar-refractivity contribution in [2.45, 2.75) is 13.5 Å². The van der Waals surface area contributed by atoms with Crippen molar-refractivity contribution in [3.05, 3.63) is 63.1 Å². The van der Waals surface area contributed by atoms with E-state index in [9.17, 15) is 0 Å². The molecule has 106 valence electrons. The van der Waals surface area contributed by atoms with Crippen molar-refractivity contribution in [1.82, 2.24) is 5.32 Å². The van der Waals surface area contributed by atoms with Crippen LogP contribution in [-0.4, -0.2) is 13.2 Å². The number of rotatable bonds is 6. The SMILES string of the molecule is Cc1cccc(OCCNCc2ccc(Br)c(Cl)c2)c1. The Kier molecular flexibility index (Phi) is 5.89. The van der Waals surface area contributed by atoms with Gasteiger partial charge in [0.2, 0.25) is 0 Å². The van der Waals surface area contributed by atoms with E-state index in [1.807, 2.05) is 36.4 Å². The molecule has 0 saturated heterocycles. The Hall–Kier alpha value is -1.03. The smallest absolute Gasteiger partial charge is 0.119 e. The molecule has 0 bridgehead atoms. The minimum atomic E-state index is 0.647. The van der Waals surface area contributed by atoms with Gasteiger partial charge in [-0.15, -0.1) is 0 Å². The molecule has 0 aliphatic carbocycles. The fourth-order valence-corrected chi connectivity index (χ4v) is 2.28. The van der Waals surface area contributed by atoms with Gasteiger partial charge < -0.3 is 10.1 Å². The van der Waals surface area contributed by atoms with Crippen LogP contribution < -0.4 is 10.1 Å². The number of nitrogens with one attached hydrogen (secondary N) is 1. The quantitative estimate of drug-likeness (QED) is 0.767. The number of aryl methyl sites for hydroxylation is 1. The van der Waals surface area contributed by atoms with Gasteiger partial charge in [0.25, 0.3) is 0 Å². The lowest BCUT2D eigenvalue weighted by Crippen LogP contribution is -2.20. The number of ether oxygens (including phenoxy) is 1. The van der Waals surface area contributed by atoms with Crippen LogP contribution >= 0.6 is 27.5 Å². The van der Waals surface area contributed by atoms with Gasteiger partial charge in [-0.1, -0.05) is 29.8 Å². The molecule has 0 saturated carbocycles. The van der Waals surface area contributed by atoms with Crippen LogP contribution in [0.1, 0.15) is 11.1 Å². The third-order valence-corrected chi connectivity index (χ3v) is 4.08. The maximum Gasteiger partial charge on any atom is 0.119 e. The van der Waals surface area contributed by atoms with Crippen LogP contribution in [0, 0.1) is 6.92 Å². The maximum absolute atomic E-state index is 6.05. The summed E-state index contributed by atoms with van der Waals surface area (Å²) in [4.78, 5) is 0. The molecule has 0 aromatic heterocycles. The molecule has 2 aromatic carbocycles. The van der Waals surface area contributed by atoms with Crippen LogP contribution in [0.5, 0.6) is 5.75 Å². The third kappa shape index (κ3) is 4.82. The van der Waals surface area contributed by atoms with E-state index in [4.69, 9.17) is 16.3 Å². The molecule has 0 radical (unpaired) electrons. The fourth-order valence-electron chi connectivity index (χ4n) is 1.83. The molecule has 0 fully saturated rings. The first-order valence-corrected chi connectivity index (χ1v) is 7.66. The zero-order chi connectivity index (χ0) is 14.4. The fraction of sp³-hybridized carbons (Fsp3) is 0.250. The van der Waals surface area contributed by atoms with Crippen molar-refractivity contribution < 1.29 is 4.74 Å². The van der Waals surface area contributed by atoms with Crippen molar-refractivity contribution in [1.29, 1.82) is 0 Å². The molecule has 0 atom stereocenters. The monoisotopic (exact) mass is 353 g/mol. The number of halogens is 2. The molecule has 1 N–H and O–H groups in total. The summed E-state index contributed by atoms with van der Waals surface area (Å²) in [7, 11) is 0. The first kappa shape index (κ1) is 15.4. The summed E-state index contributed by atoms with van der Waals surface area (Å²) in [5.74, 6) is 0.915. The summed E-state index contributed by atoms with van der Waals surface area (Å²) in [6, 6.07) is 14.0. The summed E-state index contributed by atoms with van der Waals surface area (Å²) in [5.41, 5.74) is 2.37. The summed E-state index contributed by atoms with van der Waals surface area (Å²) in [6.45, 7) is 4.28. The molecular formula is C16H17BrClNO. The third-order valence-electron chi connectivity index (χ3n) is 2.85. The number of hydrogen-bond acceptors (Lipinski definition) is 2. The summed E-state index contributed by atoms with van der Waals surface area (Å²) >= 11 is 9.43. The van der Waals surface area contributed by atoms with Crippen LogP contribution in [0.25, 0.3) is 0 Å². The van der Waals surface area contributed by atoms with Gasteiger partial charge in [-0.2, -0.15) is 0 Å². The normalized spacial score (nSPS) is 10.6. The molecule has 2 rings (SSSR count). The van der Waals surface area contributed by atoms with Gasteiger partial charge in [0.15, 0.2) is 0 Å². The number of hydrogen-bond donors (Lipinski definition) is 1. The Morgan fingerprint density at radius 2 is 2.05 bits per heavy atom. The van der Waals surface area contributed by atoms with Crippen molar-refractivity contribution >= 4 is 27.5 Å². The lowest BCUT2D eigenvalue weighted by Gasteiger charge is -2.08. The lowest BCUT2D eigenvalue weighted by atomic mass is 10.2. The van der Waals surface area contributed by atoms with Gasteiger partial charge in [-0.05, 0) is 58.2 Å². The highest BCUT2D eigenvalue weighted by Crippen LogP contribution is 2.23. The highest BCUT2D eigenvalue weighted by atomic mass is 79.9. The van der Waals surface area contributed by atoms with E-state index >= 15 is 0 Å². The molecule has 0 unspecified atom stereocenters. The minimum Gasteiger partial charge on any atom is -0.492 e. The second-order valence-corrected chi connectivity index (χ2v) is 5.85. The van der Waals surface area contributed by atoms with E-state index in [0.717, 1.165) is 33.9 Å². The van der Waals surface area contributed by atoms with Gasteiger partial charge in [-0.3, -0.25) is 0 Å². The molecule has 20 heavy (non-hydrogen) atoms. The van der Waals surface area contributed by atoms with Gasteiger partial charge >= 0.3 is 0 Å². The molecule has 0 aliphatic heterocycles. The highest BCUT2D eigenvalue weighted by Gasteiger charge is 1.99. The Balaban J connectivity index is 1.70. The molecule has 4 heteroatoms. The van der Waals surface area contributed by atoms with Crippen LogP contribution in [0.2, 0.25) is 5.02 Å². The predicted octanol–water partition coefficient (Wildman–Crippen LogP) is 4.58. The van der Waals surface area contributed by atoms with Gasteiger partial charge in [0, 0.05) is 17.6 Å². The average Bonchev–Trinajstić information content (AvgIpc) is 2.42. The first-order chi connectivity index (χ1) is 9.65. The summed E-state index contributed by atoms with van der Waals surface area (Å²) in [5, 5.41) is 4.07. The summed E-state index contributed by atoms with van der Waals surface area (Å²) in [6.07, 6.45) is 0. The van der Waals surface area contributed by atoms with E-state index in [0.29, 0.717) is 6.61 Å². The Morgan fingerprint density at radius 1 is 1.20 bits per heavy atom. The van der Waals surface area contributed by atoms with E-state index < -0.39 is 0 Å². The van der Waals surface area contributed by atoms with Gasteiger partial charge in [0.05, 0.1) is 5.02 Å². The van der Waals surface area contributed by atoms with Crippen LogP contribution in [0.15, 0.2) is 46.9 Å². The van der Waals surface area contributed by atoms with Crippen molar-refractivity contribution in [3.8, 4) is 5.75 Å². The molecule has 0 aliphatic rings. The van der Waals surface area contributed by atoms with Crippen LogP contribution in [0.4, 0.5) is 0 Å². The standard InChI is InChI=1S/C16H17BrClNO/c1-12-3-2-4-14(9-12)20-8-7-19-11-13-5-6-15(17)16(18)10-13/h2-6,9-10,19H,7-8,11H2,1H3. The molecule has 2 nitrogen and oxygen atoms in total. The van der Waals surface area contributed by atoms with Crippen LogP contribution in [0.3, 0.4) is 0 Å². The van der Waals surface area contributed by atoms with Crippen molar-refractivity contribution in [3.63, 3.8) is 0 Å². The highest BCUT2D eigenvalue weighted by molar-refractivity contribution is 9.10. The van der Waals surface area contributed by atoms with E-state index in [2.05, 4.69) is 34.2 Å². The zero-order valence-electron chi connectivity index (χ0n) is 11.3. The molecule has 0 spiro atoms. The maximum atomic E-state index is 6.05. The Morgan fingerprint density at radius 3 is 2.80 bits per heavy atom. The first-order valence-electron chi connectivity index (χ1n) is 6.49. The van der Waals surface area contributed by atoms with Gasteiger partial charge in [0.1, 0.15) is 12.4 Å². The van der Waals surface area contributed by atoms with E-state index in [1.54, 1.807) is 0 Å². The molecule has 0 amide bonds. The second kappa shape index (κ2) is 7.67. The second-order valence-electron chi connectivity index (χ2n) is 4.59. The topological polar surface area (TPSA) is 21.3 Å². The molecule has 2 aromatic rings. The molecule has 0 heterocycles. The minimum absolute atomic E-state index is 0.647. The molecular weight excluding hydrogens is 338 g/mol. The van der Waals surface area contributed by atoms with E-state index in [-0.39, 0.29) is 0 Å². The van der Waals surface area contributed by atoms with Crippen molar-refractivity contribution in [2.24, 2.45) is 0 Å². The number of benzene rings is 2. The van der Waals surface area contributed by atoms with Crippen LogP contribution in [-0.2, 0) is 6.54 Å². The average molecular weight is 355 g/mol. The summed E-state index contributed by atoms with van der Waals surface area (Å²) < 4.78 is 6.59. The van der Waals surface area contributed by atoms with Crippen molar-refractivity contribution in [2.75, 3.05) is 13.2 Å².